The van der Waals surface area contributed by atoms with Gasteiger partial charge in [0.1, 0.15) is 5.82 Å². The molecule has 0 aliphatic carbocycles. The van der Waals surface area contributed by atoms with E-state index in [-0.39, 0.29) is 19.0 Å². The molecule has 3 N–H and O–H groups in total. The van der Waals surface area contributed by atoms with E-state index in [1.54, 1.807) is 36.4 Å². The zero-order valence-corrected chi connectivity index (χ0v) is 14.9. The molecule has 0 fully saturated rings. The van der Waals surface area contributed by atoms with E-state index in [2.05, 4.69) is 10.6 Å². The number of hydrogen-bond acceptors (Lipinski definition) is 2. The van der Waals surface area contributed by atoms with Crippen molar-refractivity contribution in [2.75, 3.05) is 6.61 Å². The molecule has 2 amide bonds. The second kappa shape index (κ2) is 8.79. The van der Waals surface area contributed by atoms with Gasteiger partial charge in [0, 0.05) is 18.1 Å². The molecule has 1 atom stereocenters. The molecule has 148 valence electrons. The van der Waals surface area contributed by atoms with Crippen LogP contribution in [0.25, 0.3) is 10.9 Å². The van der Waals surface area contributed by atoms with Crippen molar-refractivity contribution in [2.45, 2.75) is 25.6 Å². The van der Waals surface area contributed by atoms with Crippen molar-refractivity contribution in [3.05, 3.63) is 71.7 Å². The van der Waals surface area contributed by atoms with E-state index in [9.17, 15) is 23.1 Å². The summed E-state index contributed by atoms with van der Waals surface area (Å²) in [6.07, 6.45) is 1.65. The number of hydrogen-bond donors (Lipinski definition) is 3. The van der Waals surface area contributed by atoms with E-state index in [1.807, 2.05) is 0 Å². The van der Waals surface area contributed by atoms with Crippen LogP contribution in [0.15, 0.2) is 54.7 Å². The van der Waals surface area contributed by atoms with Crippen LogP contribution in [0.1, 0.15) is 17.7 Å². The van der Waals surface area contributed by atoms with Crippen LogP contribution in [-0.4, -0.2) is 28.4 Å². The Morgan fingerprint density at radius 3 is 2.50 bits per heavy atom. The van der Waals surface area contributed by atoms with Crippen molar-refractivity contribution < 1.29 is 23.1 Å². The minimum absolute atomic E-state index is 0.0563. The highest BCUT2D eigenvalue weighted by atomic mass is 19.3. The predicted octanol–water partition coefficient (Wildman–Crippen LogP) is 3.58. The molecule has 0 saturated heterocycles. The van der Waals surface area contributed by atoms with Gasteiger partial charge in [0.25, 0.3) is 0 Å². The lowest BCUT2D eigenvalue weighted by molar-refractivity contribution is 0.0751. The zero-order chi connectivity index (χ0) is 20.1. The summed E-state index contributed by atoms with van der Waals surface area (Å²) >= 11 is 0. The molecule has 1 aromatic heterocycles. The monoisotopic (exact) mass is 391 g/mol. The van der Waals surface area contributed by atoms with Crippen molar-refractivity contribution >= 4 is 16.9 Å². The molecule has 0 radical (unpaired) electrons. The summed E-state index contributed by atoms with van der Waals surface area (Å²) in [7, 11) is 0. The Morgan fingerprint density at radius 1 is 1.11 bits per heavy atom. The fraction of sp³-hybridized carbons (Fsp3) is 0.250. The third kappa shape index (κ3) is 4.64. The number of carbonyl (C=O) groups excluding carboxylic acids is 1. The Balaban J connectivity index is 1.62. The van der Waals surface area contributed by atoms with Crippen LogP contribution in [0.2, 0.25) is 0 Å². The summed E-state index contributed by atoms with van der Waals surface area (Å²) in [4.78, 5) is 12.2. The van der Waals surface area contributed by atoms with Crippen LogP contribution in [0.3, 0.4) is 0 Å². The lowest BCUT2D eigenvalue weighted by Crippen LogP contribution is -2.44. The summed E-state index contributed by atoms with van der Waals surface area (Å²) in [5, 5.41) is 15.4. The van der Waals surface area contributed by atoms with Crippen molar-refractivity contribution in [1.82, 2.24) is 15.2 Å². The molecule has 5 nitrogen and oxygen atoms in total. The second-order valence-corrected chi connectivity index (χ2v) is 6.39. The molecule has 2 aromatic carbocycles. The fourth-order valence-corrected chi connectivity index (χ4v) is 3.06. The lowest BCUT2D eigenvalue weighted by Gasteiger charge is -2.17. The van der Waals surface area contributed by atoms with Crippen LogP contribution in [0.5, 0.6) is 0 Å². The third-order valence-corrected chi connectivity index (χ3v) is 4.42. The molecule has 0 aliphatic rings. The smallest absolute Gasteiger partial charge is 0.319 e. The van der Waals surface area contributed by atoms with Gasteiger partial charge in [-0.2, -0.15) is 8.78 Å². The molecule has 0 spiro atoms. The Kier molecular flexibility index (Phi) is 6.20. The van der Waals surface area contributed by atoms with Crippen LogP contribution in [-0.2, 0) is 13.0 Å². The number of benzene rings is 2. The number of aliphatic hydroxyl groups is 1. The topological polar surface area (TPSA) is 66.3 Å². The Labute approximate surface area is 159 Å². The molecule has 1 unspecified atom stereocenters. The molecule has 1 heterocycles. The highest BCUT2D eigenvalue weighted by Gasteiger charge is 2.16. The molecule has 0 bridgehead atoms. The third-order valence-electron chi connectivity index (χ3n) is 4.42. The number of nitrogens with one attached hydrogen (secondary N) is 2. The lowest BCUT2D eigenvalue weighted by atomic mass is 10.1. The van der Waals surface area contributed by atoms with Gasteiger partial charge in [-0.25, -0.2) is 9.18 Å². The summed E-state index contributed by atoms with van der Waals surface area (Å²) in [6.45, 7) is -2.92. The first kappa shape index (κ1) is 19.8. The first-order valence-electron chi connectivity index (χ1n) is 8.74. The molecule has 3 rings (SSSR count). The number of halogens is 3. The minimum atomic E-state index is -2.68. The van der Waals surface area contributed by atoms with E-state index < -0.39 is 18.6 Å². The number of para-hydroxylation sites is 1. The standard InChI is InChI=1S/C20H20F3N3O2/c21-15-7-5-13(6-8-15)9-16(12-27)25-20(28)24-10-14-11-26(19(22)23)18-4-2-1-3-17(14)18/h1-8,11,16,19,27H,9-10,12H2,(H2,24,25,28). The van der Waals surface area contributed by atoms with Crippen molar-refractivity contribution in [1.29, 1.82) is 0 Å². The predicted molar refractivity (Wildman–Crippen MR) is 99.5 cm³/mol. The van der Waals surface area contributed by atoms with Gasteiger partial charge in [0.05, 0.1) is 18.2 Å². The van der Waals surface area contributed by atoms with Crippen LogP contribution in [0, 0.1) is 5.82 Å². The number of rotatable bonds is 7. The van der Waals surface area contributed by atoms with Gasteiger partial charge in [-0.05, 0) is 35.7 Å². The number of aromatic nitrogens is 1. The van der Waals surface area contributed by atoms with Crippen molar-refractivity contribution in [3.63, 3.8) is 0 Å². The molecule has 8 heteroatoms. The molecule has 0 aliphatic heterocycles. The first-order chi connectivity index (χ1) is 13.5. The number of amides is 2. The number of urea groups is 1. The van der Waals surface area contributed by atoms with Crippen molar-refractivity contribution in [2.24, 2.45) is 0 Å². The van der Waals surface area contributed by atoms with E-state index in [0.717, 1.165) is 10.1 Å². The molecular weight excluding hydrogens is 371 g/mol. The van der Waals surface area contributed by atoms with Crippen LogP contribution < -0.4 is 10.6 Å². The highest BCUT2D eigenvalue weighted by Crippen LogP contribution is 2.25. The average Bonchev–Trinajstić information content (AvgIpc) is 3.06. The average molecular weight is 391 g/mol. The van der Waals surface area contributed by atoms with Crippen LogP contribution >= 0.6 is 0 Å². The van der Waals surface area contributed by atoms with E-state index in [1.165, 1.54) is 18.3 Å². The number of nitrogens with zero attached hydrogens (tertiary/aromatic N) is 1. The fourth-order valence-electron chi connectivity index (χ4n) is 3.06. The number of fused-ring (bicyclic) bond motifs is 1. The maximum atomic E-state index is 13.2. The maximum absolute atomic E-state index is 13.2. The van der Waals surface area contributed by atoms with E-state index in [4.69, 9.17) is 0 Å². The van der Waals surface area contributed by atoms with Gasteiger partial charge < -0.3 is 15.7 Å². The Bertz CT molecular complexity index is 942. The number of alkyl halides is 2. The summed E-state index contributed by atoms with van der Waals surface area (Å²) in [5.41, 5.74) is 1.71. The summed E-state index contributed by atoms with van der Waals surface area (Å²) in [6, 6.07) is 11.4. The minimum Gasteiger partial charge on any atom is -0.394 e. The number of carbonyl (C=O) groups is 1. The molecular formula is C20H20F3N3O2. The highest BCUT2D eigenvalue weighted by molar-refractivity contribution is 5.84. The summed E-state index contributed by atoms with van der Waals surface area (Å²) in [5.74, 6) is -0.363. The van der Waals surface area contributed by atoms with Crippen LogP contribution in [0.4, 0.5) is 18.0 Å². The van der Waals surface area contributed by atoms with Gasteiger partial charge in [0.2, 0.25) is 0 Å². The first-order valence-corrected chi connectivity index (χ1v) is 8.74. The quantitative estimate of drug-likeness (QED) is 0.576. The van der Waals surface area contributed by atoms with Gasteiger partial charge >= 0.3 is 12.6 Å². The zero-order valence-electron chi connectivity index (χ0n) is 14.9. The second-order valence-electron chi connectivity index (χ2n) is 6.39. The maximum Gasteiger partial charge on any atom is 0.319 e. The largest absolute Gasteiger partial charge is 0.394 e. The summed E-state index contributed by atoms with van der Waals surface area (Å²) < 4.78 is 40.2. The van der Waals surface area contributed by atoms with Gasteiger partial charge in [-0.15, -0.1) is 0 Å². The Morgan fingerprint density at radius 2 is 1.82 bits per heavy atom. The molecule has 3 aromatic rings. The van der Waals surface area contributed by atoms with Gasteiger partial charge in [0.15, 0.2) is 0 Å². The normalized spacial score (nSPS) is 12.3. The van der Waals surface area contributed by atoms with Gasteiger partial charge in [-0.1, -0.05) is 30.3 Å². The van der Waals surface area contributed by atoms with Gasteiger partial charge in [-0.3, -0.25) is 4.57 Å². The molecule has 28 heavy (non-hydrogen) atoms. The van der Waals surface area contributed by atoms with E-state index >= 15 is 0 Å². The molecule has 0 saturated carbocycles. The SMILES string of the molecule is O=C(NCc1cn(C(F)F)c2ccccc12)NC(CO)Cc1ccc(F)cc1. The Hall–Kier alpha value is -3.00. The van der Waals surface area contributed by atoms with Crippen molar-refractivity contribution in [3.8, 4) is 0 Å². The number of aliphatic hydroxyl groups excluding tert-OH is 1. The van der Waals surface area contributed by atoms with E-state index in [0.29, 0.717) is 22.9 Å².